The first-order chi connectivity index (χ1) is 20.8. The molecule has 1 N–H and O–H groups in total. The highest BCUT2D eigenvalue weighted by molar-refractivity contribution is 7.84. The molecule has 2 aliphatic rings. The summed E-state index contributed by atoms with van der Waals surface area (Å²) >= 11 is 0. The number of hydrogen-bond donors (Lipinski definition) is 1. The summed E-state index contributed by atoms with van der Waals surface area (Å²) in [5.74, 6) is 1.20. The molecule has 5 heteroatoms. The highest BCUT2D eigenvalue weighted by Crippen LogP contribution is 2.72. The first kappa shape index (κ1) is 33.8. The number of aliphatic carboxylic acids is 1. The smallest absolute Gasteiger partial charge is 0.303 e. The Morgan fingerprint density at radius 2 is 1.23 bits per heavy atom. The topological polar surface area (TPSA) is 55.8 Å². The lowest BCUT2D eigenvalue weighted by atomic mass is 9.99. The van der Waals surface area contributed by atoms with Crippen LogP contribution in [0.15, 0.2) is 42.5 Å². The molecule has 0 radical (unpaired) electrons. The first-order valence-electron chi connectivity index (χ1n) is 17.5. The Morgan fingerprint density at radius 1 is 0.721 bits per heavy atom. The predicted octanol–water partition coefficient (Wildman–Crippen LogP) is 10.7. The molecule has 0 unspecified atom stereocenters. The molecule has 4 nitrogen and oxygen atoms in total. The second-order valence-corrected chi connectivity index (χ2v) is 17.9. The number of hydrogen-bond acceptors (Lipinski definition) is 3. The van der Waals surface area contributed by atoms with Gasteiger partial charge in [-0.3, -0.25) is 4.79 Å². The monoisotopic (exact) mass is 609 g/mol. The number of benzene rings is 2. The molecule has 0 saturated heterocycles. The van der Waals surface area contributed by atoms with Crippen LogP contribution in [0.2, 0.25) is 0 Å². The highest BCUT2D eigenvalue weighted by Gasteiger charge is 2.54. The second kappa shape index (κ2) is 16.9. The summed E-state index contributed by atoms with van der Waals surface area (Å²) < 4.78 is 13.0. The lowest BCUT2D eigenvalue weighted by Crippen LogP contribution is -2.37. The Morgan fingerprint density at radius 3 is 1.77 bits per heavy atom. The van der Waals surface area contributed by atoms with Crippen LogP contribution in [0.1, 0.15) is 130 Å². The van der Waals surface area contributed by atoms with E-state index in [1.807, 2.05) is 0 Å². The molecule has 0 heterocycles. The van der Waals surface area contributed by atoms with Gasteiger partial charge in [-0.15, -0.1) is 0 Å². The van der Waals surface area contributed by atoms with Crippen LogP contribution in [0, 0.1) is 0 Å². The van der Waals surface area contributed by atoms with Crippen molar-refractivity contribution in [3.05, 3.63) is 42.5 Å². The fourth-order valence-electron chi connectivity index (χ4n) is 7.97. The van der Waals surface area contributed by atoms with E-state index >= 15 is 0 Å². The maximum atomic E-state index is 11.0. The fourth-order valence-corrected chi connectivity index (χ4v) is 14.6. The summed E-state index contributed by atoms with van der Waals surface area (Å²) in [7, 11) is -1.59. The third-order valence-electron chi connectivity index (χ3n) is 9.71. The lowest BCUT2D eigenvalue weighted by Gasteiger charge is -2.44. The summed E-state index contributed by atoms with van der Waals surface area (Å²) in [5.41, 5.74) is 4.08. The predicted molar refractivity (Wildman–Crippen MR) is 184 cm³/mol. The molecule has 0 bridgehead atoms. The summed E-state index contributed by atoms with van der Waals surface area (Å²) in [4.78, 5) is 11.0. The molecule has 238 valence electrons. The maximum absolute atomic E-state index is 11.0. The maximum Gasteiger partial charge on any atom is 0.303 e. The Bertz CT molecular complexity index is 1080. The van der Waals surface area contributed by atoms with E-state index < -0.39 is 13.2 Å². The van der Waals surface area contributed by atoms with Gasteiger partial charge in [0.2, 0.25) is 0 Å². The van der Waals surface area contributed by atoms with Gasteiger partial charge in [-0.1, -0.05) is 49.9 Å². The Balaban J connectivity index is 1.82. The molecule has 2 aromatic carbocycles. The van der Waals surface area contributed by atoms with Crippen LogP contribution in [-0.4, -0.2) is 40.8 Å². The van der Waals surface area contributed by atoms with Gasteiger partial charge in [0.25, 0.3) is 0 Å². The van der Waals surface area contributed by atoms with Crippen LogP contribution in [0.4, 0.5) is 0 Å². The largest absolute Gasteiger partial charge is 0.490 e. The van der Waals surface area contributed by atoms with Gasteiger partial charge in [0, 0.05) is 12.0 Å². The van der Waals surface area contributed by atoms with Gasteiger partial charge in [0.15, 0.2) is 0 Å². The van der Waals surface area contributed by atoms with Gasteiger partial charge in [-0.25, -0.2) is 0 Å². The van der Waals surface area contributed by atoms with Crippen LogP contribution >= 0.6 is 7.26 Å². The molecular formula is C38H58O4P+. The molecule has 2 fully saturated rings. The van der Waals surface area contributed by atoms with Crippen LogP contribution in [0.25, 0.3) is 11.1 Å². The molecule has 0 atom stereocenters. The van der Waals surface area contributed by atoms with E-state index in [1.165, 1.54) is 88.8 Å². The summed E-state index contributed by atoms with van der Waals surface area (Å²) in [5, 5.41) is 10.7. The number of rotatable bonds is 16. The van der Waals surface area contributed by atoms with Crippen molar-refractivity contribution in [3.63, 3.8) is 0 Å². The van der Waals surface area contributed by atoms with Crippen LogP contribution in [0.5, 0.6) is 11.5 Å². The van der Waals surface area contributed by atoms with Gasteiger partial charge in [0.05, 0.1) is 42.5 Å². The lowest BCUT2D eigenvalue weighted by molar-refractivity contribution is -0.137. The minimum atomic E-state index is -1.59. The van der Waals surface area contributed by atoms with Gasteiger partial charge in [-0.05, 0) is 117 Å². The van der Waals surface area contributed by atoms with E-state index in [9.17, 15) is 4.79 Å². The third-order valence-corrected chi connectivity index (χ3v) is 15.7. The Hall–Kier alpha value is -2.06. The number of unbranched alkanes of at least 4 members (excludes halogenated alkanes) is 4. The molecule has 0 spiro atoms. The Kier molecular flexibility index (Phi) is 13.3. The third kappa shape index (κ3) is 9.00. The fraction of sp³-hybridized carbons (Fsp3) is 0.658. The minimum absolute atomic E-state index is 0.0811. The quantitative estimate of drug-likeness (QED) is 0.152. The summed E-state index contributed by atoms with van der Waals surface area (Å²) in [6.45, 7) is 8.46. The molecule has 43 heavy (non-hydrogen) atoms. The highest BCUT2D eigenvalue weighted by atomic mass is 31.2. The van der Waals surface area contributed by atoms with E-state index in [1.54, 1.807) is 5.30 Å². The summed E-state index contributed by atoms with van der Waals surface area (Å²) in [6, 6.07) is 15.8. The van der Waals surface area contributed by atoms with Gasteiger partial charge in [0.1, 0.15) is 16.8 Å². The van der Waals surface area contributed by atoms with Gasteiger partial charge >= 0.3 is 5.97 Å². The van der Waals surface area contributed by atoms with Crippen molar-refractivity contribution >= 4 is 18.5 Å². The molecule has 0 aromatic heterocycles. The van der Waals surface area contributed by atoms with Crippen molar-refractivity contribution in [3.8, 4) is 22.6 Å². The van der Waals surface area contributed by atoms with E-state index in [-0.39, 0.29) is 12.2 Å². The minimum Gasteiger partial charge on any atom is -0.490 e. The van der Waals surface area contributed by atoms with E-state index in [2.05, 4.69) is 70.2 Å². The zero-order valence-electron chi connectivity index (χ0n) is 27.5. The zero-order valence-corrected chi connectivity index (χ0v) is 28.4. The number of ether oxygens (including phenoxy) is 2. The number of carboxylic acid groups (broad SMARTS) is 1. The van der Waals surface area contributed by atoms with Crippen LogP contribution in [0.3, 0.4) is 0 Å². The van der Waals surface area contributed by atoms with Crippen molar-refractivity contribution in [2.24, 2.45) is 0 Å². The van der Waals surface area contributed by atoms with Gasteiger partial charge < -0.3 is 14.6 Å². The molecule has 2 saturated carbocycles. The van der Waals surface area contributed by atoms with Gasteiger partial charge in [-0.2, -0.15) is 0 Å². The SMILES string of the molecule is CC(C)Oc1cccc(OC(C)C)c1-c1ccccc1[P+](CCCCCCCC(=O)O)(C1CCCCC1)C1CCCCC1. The van der Waals surface area contributed by atoms with Crippen LogP contribution < -0.4 is 14.8 Å². The molecule has 2 aliphatic carbocycles. The van der Waals surface area contributed by atoms with Crippen molar-refractivity contribution < 1.29 is 19.4 Å². The number of carboxylic acids is 1. The van der Waals surface area contributed by atoms with E-state index in [0.29, 0.717) is 6.42 Å². The van der Waals surface area contributed by atoms with Crippen molar-refractivity contribution in [2.45, 2.75) is 154 Å². The van der Waals surface area contributed by atoms with Crippen molar-refractivity contribution in [1.82, 2.24) is 0 Å². The van der Waals surface area contributed by atoms with E-state index in [4.69, 9.17) is 14.6 Å². The number of carbonyl (C=O) groups is 1. The van der Waals surface area contributed by atoms with Crippen molar-refractivity contribution in [2.75, 3.05) is 6.16 Å². The molecule has 0 aliphatic heterocycles. The first-order valence-corrected chi connectivity index (χ1v) is 19.6. The zero-order chi connectivity index (χ0) is 30.7. The molecule has 0 amide bonds. The van der Waals surface area contributed by atoms with E-state index in [0.717, 1.165) is 47.6 Å². The summed E-state index contributed by atoms with van der Waals surface area (Å²) in [6.07, 6.45) is 20.9. The van der Waals surface area contributed by atoms with Crippen LogP contribution in [-0.2, 0) is 4.79 Å². The molecule has 4 rings (SSSR count). The normalized spacial score (nSPS) is 17.0. The van der Waals surface area contributed by atoms with Crippen molar-refractivity contribution in [1.29, 1.82) is 0 Å². The molecular weight excluding hydrogens is 551 g/mol. The second-order valence-electron chi connectivity index (χ2n) is 13.6. The Labute approximate surface area is 262 Å². The average Bonchev–Trinajstić information content (AvgIpc) is 2.99. The molecule has 2 aromatic rings. The average molecular weight is 610 g/mol. The standard InChI is InChI=1S/C38H57O4P/c1-29(2)41-34-24-18-25-35(42-30(3)4)38(34)33-23-15-16-26-36(33)43(31-19-10-8-11-20-31,32-21-12-9-13-22-32)28-17-7-5-6-14-27-37(39)40/h15-16,18,23-26,29-32H,5-14,17,19-22,27-28H2,1-4H3/p+1.